The van der Waals surface area contributed by atoms with Gasteiger partial charge in [0.2, 0.25) is 0 Å². The molecule has 1 aromatic carbocycles. The third-order valence-electron chi connectivity index (χ3n) is 1.74. The Balaban J connectivity index is 2.90. The minimum absolute atomic E-state index is 0.220. The fourth-order valence-corrected chi connectivity index (χ4v) is 0.917. The summed E-state index contributed by atoms with van der Waals surface area (Å²) in [7, 11) is 0. The lowest BCUT2D eigenvalue weighted by Gasteiger charge is -2.08. The summed E-state index contributed by atoms with van der Waals surface area (Å²) in [5.74, 6) is 0.220. The quantitative estimate of drug-likeness (QED) is 0.699. The van der Waals surface area contributed by atoms with E-state index in [1.54, 1.807) is 31.2 Å². The van der Waals surface area contributed by atoms with Crippen LogP contribution in [0.15, 0.2) is 30.8 Å². The number of hydrogen-bond acceptors (Lipinski definition) is 2. The van der Waals surface area contributed by atoms with Crippen LogP contribution in [-0.2, 0) is 0 Å². The molecular weight excluding hydrogens is 152 g/mol. The molecule has 0 radical (unpaired) electrons. The topological polar surface area (TPSA) is 40.5 Å². The average Bonchev–Trinajstić information content (AvgIpc) is 2.04. The van der Waals surface area contributed by atoms with E-state index in [1.165, 1.54) is 0 Å². The minimum Gasteiger partial charge on any atom is -0.508 e. The van der Waals surface area contributed by atoms with Crippen molar-refractivity contribution in [3.63, 3.8) is 0 Å². The van der Waals surface area contributed by atoms with Crippen LogP contribution < -0.4 is 0 Å². The number of aromatic hydroxyl groups is 1. The van der Waals surface area contributed by atoms with Crippen molar-refractivity contribution in [3.05, 3.63) is 36.4 Å². The molecule has 2 heteroatoms. The minimum atomic E-state index is -0.547. The fraction of sp³-hybridized carbons (Fsp3) is 0.200. The van der Waals surface area contributed by atoms with Gasteiger partial charge in [-0.05, 0) is 30.2 Å². The van der Waals surface area contributed by atoms with Crippen molar-refractivity contribution >= 4 is 5.57 Å². The highest BCUT2D eigenvalue weighted by atomic mass is 16.3. The van der Waals surface area contributed by atoms with Crippen LogP contribution >= 0.6 is 0 Å². The highest BCUT2D eigenvalue weighted by Gasteiger charge is 2.03. The largest absolute Gasteiger partial charge is 0.508 e. The van der Waals surface area contributed by atoms with Crippen molar-refractivity contribution in [3.8, 4) is 5.75 Å². The molecule has 1 rings (SSSR count). The van der Waals surface area contributed by atoms with E-state index < -0.39 is 6.10 Å². The molecule has 0 aliphatic heterocycles. The van der Waals surface area contributed by atoms with E-state index in [2.05, 4.69) is 6.58 Å². The molecule has 0 aliphatic rings. The molecule has 0 spiro atoms. The standard InChI is InChI=1S/C10H12O2/c1-7(8(2)11)9-3-5-10(12)6-4-9/h3-6,8,11-12H,1H2,2H3. The van der Waals surface area contributed by atoms with E-state index in [0.29, 0.717) is 5.57 Å². The highest BCUT2D eigenvalue weighted by Crippen LogP contribution is 2.18. The molecule has 0 saturated heterocycles. The highest BCUT2D eigenvalue weighted by molar-refractivity contribution is 5.66. The molecule has 1 aromatic rings. The van der Waals surface area contributed by atoms with Gasteiger partial charge in [-0.3, -0.25) is 0 Å². The van der Waals surface area contributed by atoms with E-state index in [9.17, 15) is 5.11 Å². The third kappa shape index (κ3) is 1.86. The van der Waals surface area contributed by atoms with Crippen LogP contribution in [0.3, 0.4) is 0 Å². The molecule has 12 heavy (non-hydrogen) atoms. The molecule has 0 heterocycles. The van der Waals surface area contributed by atoms with Crippen LogP contribution in [-0.4, -0.2) is 16.3 Å². The number of hydrogen-bond donors (Lipinski definition) is 2. The predicted octanol–water partition coefficient (Wildman–Crippen LogP) is 1.79. The average molecular weight is 164 g/mol. The van der Waals surface area contributed by atoms with Crippen LogP contribution in [0.25, 0.3) is 5.57 Å². The number of phenols is 1. The SMILES string of the molecule is C=C(c1ccc(O)cc1)C(C)O. The molecule has 0 aromatic heterocycles. The molecule has 64 valence electrons. The van der Waals surface area contributed by atoms with Gasteiger partial charge in [-0.1, -0.05) is 18.7 Å². The van der Waals surface area contributed by atoms with Gasteiger partial charge in [0.15, 0.2) is 0 Å². The Morgan fingerprint density at radius 2 is 1.83 bits per heavy atom. The predicted molar refractivity (Wildman–Crippen MR) is 48.8 cm³/mol. The first-order chi connectivity index (χ1) is 5.61. The molecule has 0 bridgehead atoms. The second-order valence-corrected chi connectivity index (χ2v) is 2.75. The summed E-state index contributed by atoms with van der Waals surface area (Å²) in [5, 5.41) is 18.2. The molecular formula is C10H12O2. The van der Waals surface area contributed by atoms with Crippen molar-refractivity contribution in [1.82, 2.24) is 0 Å². The van der Waals surface area contributed by atoms with Gasteiger partial charge in [0.25, 0.3) is 0 Å². The van der Waals surface area contributed by atoms with E-state index in [-0.39, 0.29) is 5.75 Å². The number of phenolic OH excluding ortho intramolecular Hbond substituents is 1. The Labute approximate surface area is 71.8 Å². The van der Waals surface area contributed by atoms with Gasteiger partial charge in [0, 0.05) is 0 Å². The van der Waals surface area contributed by atoms with Gasteiger partial charge < -0.3 is 10.2 Å². The van der Waals surface area contributed by atoms with E-state index in [1.807, 2.05) is 0 Å². The van der Waals surface area contributed by atoms with Gasteiger partial charge in [-0.15, -0.1) is 0 Å². The smallest absolute Gasteiger partial charge is 0.115 e. The van der Waals surface area contributed by atoms with Crippen LogP contribution in [0.4, 0.5) is 0 Å². The lowest BCUT2D eigenvalue weighted by molar-refractivity contribution is 0.253. The summed E-state index contributed by atoms with van der Waals surface area (Å²) in [4.78, 5) is 0. The molecule has 2 N–H and O–H groups in total. The van der Waals surface area contributed by atoms with Crippen LogP contribution in [0.5, 0.6) is 5.75 Å². The maximum Gasteiger partial charge on any atom is 0.115 e. The normalized spacial score (nSPS) is 12.5. The number of aliphatic hydroxyl groups is 1. The maximum absolute atomic E-state index is 9.18. The van der Waals surface area contributed by atoms with Crippen molar-refractivity contribution in [2.24, 2.45) is 0 Å². The van der Waals surface area contributed by atoms with Gasteiger partial charge >= 0.3 is 0 Å². The summed E-state index contributed by atoms with van der Waals surface area (Å²) >= 11 is 0. The number of rotatable bonds is 2. The lowest BCUT2D eigenvalue weighted by Crippen LogP contribution is -2.01. The maximum atomic E-state index is 9.18. The third-order valence-corrected chi connectivity index (χ3v) is 1.74. The van der Waals surface area contributed by atoms with Crippen molar-refractivity contribution < 1.29 is 10.2 Å². The lowest BCUT2D eigenvalue weighted by atomic mass is 10.0. The Hall–Kier alpha value is -1.28. The second kappa shape index (κ2) is 3.41. The molecule has 0 fully saturated rings. The van der Waals surface area contributed by atoms with Crippen LogP contribution in [0.1, 0.15) is 12.5 Å². The number of aliphatic hydroxyl groups excluding tert-OH is 1. The van der Waals surface area contributed by atoms with Gasteiger partial charge in [-0.25, -0.2) is 0 Å². The molecule has 0 aliphatic carbocycles. The molecule has 0 amide bonds. The summed E-state index contributed by atoms with van der Waals surface area (Å²) in [6.07, 6.45) is -0.547. The summed E-state index contributed by atoms with van der Waals surface area (Å²) in [6.45, 7) is 5.38. The first-order valence-electron chi connectivity index (χ1n) is 3.77. The molecule has 1 atom stereocenters. The summed E-state index contributed by atoms with van der Waals surface area (Å²) < 4.78 is 0. The zero-order valence-corrected chi connectivity index (χ0v) is 6.99. The van der Waals surface area contributed by atoms with Gasteiger partial charge in [0.1, 0.15) is 5.75 Å². The number of benzene rings is 1. The zero-order valence-electron chi connectivity index (χ0n) is 6.99. The Bertz CT molecular complexity index is 272. The van der Waals surface area contributed by atoms with E-state index >= 15 is 0 Å². The van der Waals surface area contributed by atoms with Crippen molar-refractivity contribution in [1.29, 1.82) is 0 Å². The zero-order chi connectivity index (χ0) is 9.14. The first-order valence-corrected chi connectivity index (χ1v) is 3.77. The summed E-state index contributed by atoms with van der Waals surface area (Å²) in [6, 6.07) is 6.60. The van der Waals surface area contributed by atoms with Crippen molar-refractivity contribution in [2.75, 3.05) is 0 Å². The fourth-order valence-electron chi connectivity index (χ4n) is 0.917. The van der Waals surface area contributed by atoms with Gasteiger partial charge in [-0.2, -0.15) is 0 Å². The Morgan fingerprint density at radius 3 is 2.25 bits per heavy atom. The monoisotopic (exact) mass is 164 g/mol. The van der Waals surface area contributed by atoms with Gasteiger partial charge in [0.05, 0.1) is 6.10 Å². The van der Waals surface area contributed by atoms with Crippen molar-refractivity contribution in [2.45, 2.75) is 13.0 Å². The Morgan fingerprint density at radius 1 is 1.33 bits per heavy atom. The summed E-state index contributed by atoms with van der Waals surface area (Å²) in [5.41, 5.74) is 1.51. The van der Waals surface area contributed by atoms with Crippen LogP contribution in [0, 0.1) is 0 Å². The van der Waals surface area contributed by atoms with E-state index in [4.69, 9.17) is 5.11 Å². The molecule has 1 unspecified atom stereocenters. The molecule has 0 saturated carbocycles. The van der Waals surface area contributed by atoms with E-state index in [0.717, 1.165) is 5.56 Å². The second-order valence-electron chi connectivity index (χ2n) is 2.75. The Kier molecular flexibility index (Phi) is 2.51. The van der Waals surface area contributed by atoms with Crippen LogP contribution in [0.2, 0.25) is 0 Å². The first kappa shape index (κ1) is 8.81. The molecule has 2 nitrogen and oxygen atoms in total.